The molecule has 1 aromatic carbocycles. The molecule has 0 spiro atoms. The first kappa shape index (κ1) is 15.1. The first-order valence-corrected chi connectivity index (χ1v) is 7.55. The van der Waals surface area contributed by atoms with Gasteiger partial charge in [-0.1, -0.05) is 6.92 Å². The van der Waals surface area contributed by atoms with Crippen molar-refractivity contribution in [1.29, 1.82) is 5.26 Å². The van der Waals surface area contributed by atoms with Gasteiger partial charge in [0, 0.05) is 4.88 Å². The lowest BCUT2D eigenvalue weighted by Crippen LogP contribution is -2.28. The molecular formula is C16H16N2O2S. The molecule has 0 radical (unpaired) electrons. The molecule has 0 saturated carbocycles. The Morgan fingerprint density at radius 3 is 2.76 bits per heavy atom. The van der Waals surface area contributed by atoms with Crippen molar-refractivity contribution in [2.75, 3.05) is 6.61 Å². The zero-order chi connectivity index (χ0) is 15.1. The molecule has 5 heteroatoms. The SMILES string of the molecule is CCc1ccsc1CNC(=O)COc1ccc(C#N)cc1. The Bertz CT molecular complexity index is 641. The van der Waals surface area contributed by atoms with Gasteiger partial charge >= 0.3 is 0 Å². The molecule has 108 valence electrons. The van der Waals surface area contributed by atoms with E-state index < -0.39 is 0 Å². The fourth-order valence-electron chi connectivity index (χ4n) is 1.84. The van der Waals surface area contributed by atoms with Crippen LogP contribution in [0, 0.1) is 11.3 Å². The van der Waals surface area contributed by atoms with Crippen LogP contribution in [0.3, 0.4) is 0 Å². The molecule has 0 fully saturated rings. The first-order valence-electron chi connectivity index (χ1n) is 6.68. The molecule has 1 aromatic heterocycles. The minimum absolute atomic E-state index is 0.0290. The molecule has 4 nitrogen and oxygen atoms in total. The van der Waals surface area contributed by atoms with Gasteiger partial charge in [0.25, 0.3) is 5.91 Å². The summed E-state index contributed by atoms with van der Waals surface area (Å²) < 4.78 is 5.38. The molecule has 1 amide bonds. The highest BCUT2D eigenvalue weighted by atomic mass is 32.1. The van der Waals surface area contributed by atoms with E-state index in [0.717, 1.165) is 6.42 Å². The lowest BCUT2D eigenvalue weighted by atomic mass is 10.2. The Kier molecular flexibility index (Phi) is 5.35. The van der Waals surface area contributed by atoms with Gasteiger partial charge in [-0.2, -0.15) is 5.26 Å². The van der Waals surface area contributed by atoms with Crippen LogP contribution in [-0.4, -0.2) is 12.5 Å². The molecular weight excluding hydrogens is 284 g/mol. The van der Waals surface area contributed by atoms with Crippen LogP contribution in [0.5, 0.6) is 5.75 Å². The number of carbonyl (C=O) groups excluding carboxylic acids is 1. The maximum Gasteiger partial charge on any atom is 0.258 e. The third-order valence-corrected chi connectivity index (χ3v) is 3.98. The summed E-state index contributed by atoms with van der Waals surface area (Å²) in [5.41, 5.74) is 1.84. The van der Waals surface area contributed by atoms with Gasteiger partial charge in [-0.3, -0.25) is 4.79 Å². The van der Waals surface area contributed by atoms with Crippen LogP contribution >= 0.6 is 11.3 Å². The van der Waals surface area contributed by atoms with Crippen molar-refractivity contribution in [3.05, 3.63) is 51.7 Å². The molecule has 0 atom stereocenters. The third kappa shape index (κ3) is 4.33. The normalized spacial score (nSPS) is 9.90. The monoisotopic (exact) mass is 300 g/mol. The summed E-state index contributed by atoms with van der Waals surface area (Å²) in [4.78, 5) is 12.9. The Morgan fingerprint density at radius 1 is 1.33 bits per heavy atom. The minimum Gasteiger partial charge on any atom is -0.484 e. The van der Waals surface area contributed by atoms with E-state index in [1.807, 2.05) is 11.4 Å². The Balaban J connectivity index is 1.78. The van der Waals surface area contributed by atoms with Crippen molar-refractivity contribution in [1.82, 2.24) is 5.32 Å². The number of amides is 1. The quantitative estimate of drug-likeness (QED) is 0.892. The van der Waals surface area contributed by atoms with Crippen molar-refractivity contribution >= 4 is 17.2 Å². The van der Waals surface area contributed by atoms with Crippen LogP contribution < -0.4 is 10.1 Å². The standard InChI is InChI=1S/C16H16N2O2S/c1-2-13-7-8-21-15(13)10-18-16(19)11-20-14-5-3-12(9-17)4-6-14/h3-8H,2,10-11H2,1H3,(H,18,19). The lowest BCUT2D eigenvalue weighted by Gasteiger charge is -2.07. The Labute approximate surface area is 128 Å². The second-order valence-electron chi connectivity index (χ2n) is 4.42. The summed E-state index contributed by atoms with van der Waals surface area (Å²) in [5, 5.41) is 13.6. The van der Waals surface area contributed by atoms with Crippen molar-refractivity contribution < 1.29 is 9.53 Å². The van der Waals surface area contributed by atoms with Crippen LogP contribution in [0.15, 0.2) is 35.7 Å². The topological polar surface area (TPSA) is 62.1 Å². The van der Waals surface area contributed by atoms with Gasteiger partial charge in [0.15, 0.2) is 6.61 Å². The average Bonchev–Trinajstić information content (AvgIpc) is 2.99. The van der Waals surface area contributed by atoms with Crippen LogP contribution in [-0.2, 0) is 17.8 Å². The average molecular weight is 300 g/mol. The maximum absolute atomic E-state index is 11.8. The lowest BCUT2D eigenvalue weighted by molar-refractivity contribution is -0.123. The molecule has 2 aromatic rings. The van der Waals surface area contributed by atoms with E-state index in [1.165, 1.54) is 10.4 Å². The van der Waals surface area contributed by atoms with E-state index in [0.29, 0.717) is 17.9 Å². The van der Waals surface area contributed by atoms with Crippen molar-refractivity contribution in [3.8, 4) is 11.8 Å². The number of benzene rings is 1. The summed E-state index contributed by atoms with van der Waals surface area (Å²) >= 11 is 1.65. The van der Waals surface area contributed by atoms with Crippen molar-refractivity contribution in [3.63, 3.8) is 0 Å². The van der Waals surface area contributed by atoms with Crippen LogP contribution in [0.1, 0.15) is 22.9 Å². The van der Waals surface area contributed by atoms with E-state index in [9.17, 15) is 4.79 Å². The number of thiophene rings is 1. The Morgan fingerprint density at radius 2 is 2.10 bits per heavy atom. The number of hydrogen-bond donors (Lipinski definition) is 1. The van der Waals surface area contributed by atoms with Crippen molar-refractivity contribution in [2.45, 2.75) is 19.9 Å². The highest BCUT2D eigenvalue weighted by Crippen LogP contribution is 2.17. The van der Waals surface area contributed by atoms with E-state index in [2.05, 4.69) is 18.3 Å². The molecule has 0 aliphatic heterocycles. The number of rotatable bonds is 6. The van der Waals surface area contributed by atoms with Gasteiger partial charge in [0.05, 0.1) is 18.2 Å². The number of nitriles is 1. The number of nitrogens with zero attached hydrogens (tertiary/aromatic N) is 1. The number of nitrogens with one attached hydrogen (secondary N) is 1. The van der Waals surface area contributed by atoms with Gasteiger partial charge < -0.3 is 10.1 Å². The molecule has 0 aliphatic carbocycles. The van der Waals surface area contributed by atoms with Gasteiger partial charge in [-0.05, 0) is 47.7 Å². The van der Waals surface area contributed by atoms with Gasteiger partial charge in [0.1, 0.15) is 5.75 Å². The number of carbonyl (C=O) groups is 1. The van der Waals surface area contributed by atoms with E-state index in [4.69, 9.17) is 10.00 Å². The van der Waals surface area contributed by atoms with Crippen LogP contribution in [0.25, 0.3) is 0 Å². The molecule has 0 aliphatic rings. The molecule has 1 N–H and O–H groups in total. The summed E-state index contributed by atoms with van der Waals surface area (Å²) in [6, 6.07) is 10.8. The summed E-state index contributed by atoms with van der Waals surface area (Å²) in [6.45, 7) is 2.61. The summed E-state index contributed by atoms with van der Waals surface area (Å²) in [7, 11) is 0. The molecule has 0 saturated heterocycles. The number of ether oxygens (including phenoxy) is 1. The van der Waals surface area contributed by atoms with Crippen molar-refractivity contribution in [2.24, 2.45) is 0 Å². The predicted molar refractivity (Wildman–Crippen MR) is 82.2 cm³/mol. The molecule has 0 bridgehead atoms. The largest absolute Gasteiger partial charge is 0.484 e. The molecule has 1 heterocycles. The highest BCUT2D eigenvalue weighted by Gasteiger charge is 2.06. The summed E-state index contributed by atoms with van der Waals surface area (Å²) in [5.74, 6) is 0.421. The Hall–Kier alpha value is -2.32. The van der Waals surface area contributed by atoms with Crippen LogP contribution in [0.4, 0.5) is 0 Å². The predicted octanol–water partition coefficient (Wildman–Crippen LogP) is 2.88. The smallest absolute Gasteiger partial charge is 0.258 e. The molecule has 0 unspecified atom stereocenters. The maximum atomic E-state index is 11.8. The number of hydrogen-bond acceptors (Lipinski definition) is 4. The second-order valence-corrected chi connectivity index (χ2v) is 5.42. The van der Waals surface area contributed by atoms with Gasteiger partial charge in [0.2, 0.25) is 0 Å². The van der Waals surface area contributed by atoms with Crippen LogP contribution in [0.2, 0.25) is 0 Å². The van der Waals surface area contributed by atoms with Gasteiger partial charge in [-0.25, -0.2) is 0 Å². The molecule has 2 rings (SSSR count). The minimum atomic E-state index is -0.158. The summed E-state index contributed by atoms with van der Waals surface area (Å²) in [6.07, 6.45) is 0.969. The fraction of sp³-hybridized carbons (Fsp3) is 0.250. The fourth-order valence-corrected chi connectivity index (χ4v) is 2.76. The first-order chi connectivity index (χ1) is 10.2. The van der Waals surface area contributed by atoms with E-state index in [-0.39, 0.29) is 12.5 Å². The van der Waals surface area contributed by atoms with Gasteiger partial charge in [-0.15, -0.1) is 11.3 Å². The molecule has 21 heavy (non-hydrogen) atoms. The zero-order valence-electron chi connectivity index (χ0n) is 11.8. The van der Waals surface area contributed by atoms with E-state index >= 15 is 0 Å². The third-order valence-electron chi connectivity index (χ3n) is 3.02. The second kappa shape index (κ2) is 7.46. The highest BCUT2D eigenvalue weighted by molar-refractivity contribution is 7.10. The zero-order valence-corrected chi connectivity index (χ0v) is 12.6. The number of aryl methyl sites for hydroxylation is 1. The van der Waals surface area contributed by atoms with E-state index in [1.54, 1.807) is 35.6 Å².